The number of para-hydroxylation sites is 2. The monoisotopic (exact) mass is 419 g/mol. The van der Waals surface area contributed by atoms with E-state index in [0.717, 1.165) is 51.1 Å². The van der Waals surface area contributed by atoms with Gasteiger partial charge < -0.3 is 14.0 Å². The third-order valence-electron chi connectivity index (χ3n) is 5.09. The summed E-state index contributed by atoms with van der Waals surface area (Å²) in [6, 6.07) is 35.3. The molecule has 4 aromatic carbocycles. The van der Waals surface area contributed by atoms with Gasteiger partial charge in [-0.3, -0.25) is 0 Å². The lowest BCUT2D eigenvalue weighted by Crippen LogP contribution is -1.87. The standard InChI is InChI=1S/C28H21NO3/c1-20-27(21-12-16-25(17-13-21)30-23-8-4-2-5-9-23)28(29-32-20)22-14-18-26(19-15-22)31-24-10-6-3-7-11-24/h2-19H,1H3. The van der Waals surface area contributed by atoms with Gasteiger partial charge in [-0.15, -0.1) is 0 Å². The predicted octanol–water partition coefficient (Wildman–Crippen LogP) is 7.90. The van der Waals surface area contributed by atoms with Crippen molar-refractivity contribution in [2.75, 3.05) is 0 Å². The summed E-state index contributed by atoms with van der Waals surface area (Å²) in [6.07, 6.45) is 0. The summed E-state index contributed by atoms with van der Waals surface area (Å²) in [7, 11) is 0. The second-order valence-electron chi connectivity index (χ2n) is 7.34. The molecule has 5 rings (SSSR count). The Morgan fingerprint density at radius 1 is 0.531 bits per heavy atom. The first-order valence-electron chi connectivity index (χ1n) is 10.4. The number of aromatic nitrogens is 1. The Labute approximate surface area is 186 Å². The molecule has 0 saturated heterocycles. The smallest absolute Gasteiger partial charge is 0.142 e. The summed E-state index contributed by atoms with van der Waals surface area (Å²) >= 11 is 0. The molecule has 4 heteroatoms. The minimum atomic E-state index is 0.765. The molecular formula is C28H21NO3. The number of benzene rings is 4. The van der Waals surface area contributed by atoms with E-state index < -0.39 is 0 Å². The van der Waals surface area contributed by atoms with Gasteiger partial charge in [0.15, 0.2) is 0 Å². The summed E-state index contributed by atoms with van der Waals surface area (Å²) in [5, 5.41) is 4.32. The Kier molecular flexibility index (Phi) is 5.41. The molecule has 0 aliphatic carbocycles. The number of hydrogen-bond donors (Lipinski definition) is 0. The molecule has 0 bridgehead atoms. The van der Waals surface area contributed by atoms with E-state index in [1.807, 2.05) is 116 Å². The molecule has 0 aliphatic heterocycles. The molecular weight excluding hydrogens is 398 g/mol. The van der Waals surface area contributed by atoms with E-state index in [1.54, 1.807) is 0 Å². The minimum absolute atomic E-state index is 0.765. The molecule has 0 unspecified atom stereocenters. The van der Waals surface area contributed by atoms with E-state index in [4.69, 9.17) is 14.0 Å². The highest BCUT2D eigenvalue weighted by Gasteiger charge is 2.17. The number of rotatable bonds is 6. The van der Waals surface area contributed by atoms with Crippen molar-refractivity contribution in [3.05, 3.63) is 115 Å². The Bertz CT molecular complexity index is 1290. The van der Waals surface area contributed by atoms with Gasteiger partial charge in [0.05, 0.1) is 5.56 Å². The molecule has 32 heavy (non-hydrogen) atoms. The largest absolute Gasteiger partial charge is 0.457 e. The maximum atomic E-state index is 5.90. The van der Waals surface area contributed by atoms with Crippen molar-refractivity contribution in [1.82, 2.24) is 5.16 Å². The Hall–Kier alpha value is -4.31. The van der Waals surface area contributed by atoms with Gasteiger partial charge in [0.25, 0.3) is 0 Å². The summed E-state index contributed by atoms with van der Waals surface area (Å²) in [6.45, 7) is 1.92. The zero-order chi connectivity index (χ0) is 21.8. The van der Waals surface area contributed by atoms with Crippen LogP contribution in [0.4, 0.5) is 0 Å². The van der Waals surface area contributed by atoms with E-state index in [-0.39, 0.29) is 0 Å². The van der Waals surface area contributed by atoms with Crippen molar-refractivity contribution < 1.29 is 14.0 Å². The van der Waals surface area contributed by atoms with Crippen molar-refractivity contribution >= 4 is 0 Å². The molecule has 0 fully saturated rings. The Morgan fingerprint density at radius 3 is 1.47 bits per heavy atom. The van der Waals surface area contributed by atoms with Crippen LogP contribution < -0.4 is 9.47 Å². The van der Waals surface area contributed by atoms with Gasteiger partial charge >= 0.3 is 0 Å². The highest BCUT2D eigenvalue weighted by molar-refractivity contribution is 5.82. The average Bonchev–Trinajstić information content (AvgIpc) is 3.23. The number of ether oxygens (including phenoxy) is 2. The lowest BCUT2D eigenvalue weighted by atomic mass is 9.99. The summed E-state index contributed by atoms with van der Waals surface area (Å²) in [4.78, 5) is 0. The van der Waals surface area contributed by atoms with Crippen molar-refractivity contribution in [3.8, 4) is 45.4 Å². The van der Waals surface area contributed by atoms with Crippen molar-refractivity contribution in [2.45, 2.75) is 6.92 Å². The van der Waals surface area contributed by atoms with Crippen LogP contribution in [0.3, 0.4) is 0 Å². The van der Waals surface area contributed by atoms with E-state index in [1.165, 1.54) is 0 Å². The molecule has 4 nitrogen and oxygen atoms in total. The Balaban J connectivity index is 1.38. The molecule has 0 saturated carbocycles. The molecule has 5 aromatic rings. The second-order valence-corrected chi connectivity index (χ2v) is 7.34. The second kappa shape index (κ2) is 8.82. The maximum absolute atomic E-state index is 5.90. The van der Waals surface area contributed by atoms with E-state index in [2.05, 4.69) is 5.16 Å². The highest BCUT2D eigenvalue weighted by atomic mass is 16.5. The number of aryl methyl sites for hydroxylation is 1. The molecule has 0 N–H and O–H groups in total. The summed E-state index contributed by atoms with van der Waals surface area (Å²) < 4.78 is 17.3. The first-order valence-corrected chi connectivity index (χ1v) is 10.4. The van der Waals surface area contributed by atoms with Crippen LogP contribution in [-0.2, 0) is 0 Å². The molecule has 1 aromatic heterocycles. The fraction of sp³-hybridized carbons (Fsp3) is 0.0357. The van der Waals surface area contributed by atoms with E-state index in [9.17, 15) is 0 Å². The zero-order valence-electron chi connectivity index (χ0n) is 17.6. The average molecular weight is 419 g/mol. The van der Waals surface area contributed by atoms with Gasteiger partial charge in [-0.05, 0) is 73.2 Å². The van der Waals surface area contributed by atoms with Crippen LogP contribution in [0.25, 0.3) is 22.4 Å². The van der Waals surface area contributed by atoms with Crippen LogP contribution in [0.5, 0.6) is 23.0 Å². The minimum Gasteiger partial charge on any atom is -0.457 e. The van der Waals surface area contributed by atoms with Crippen molar-refractivity contribution in [3.63, 3.8) is 0 Å². The topological polar surface area (TPSA) is 44.5 Å². The summed E-state index contributed by atoms with van der Waals surface area (Å²) in [5.74, 6) is 3.92. The van der Waals surface area contributed by atoms with Gasteiger partial charge in [0.2, 0.25) is 0 Å². The van der Waals surface area contributed by atoms with Gasteiger partial charge in [-0.1, -0.05) is 53.7 Å². The first kappa shape index (κ1) is 19.6. The van der Waals surface area contributed by atoms with Gasteiger partial charge in [-0.2, -0.15) is 0 Å². The van der Waals surface area contributed by atoms with Crippen molar-refractivity contribution in [2.24, 2.45) is 0 Å². The third kappa shape index (κ3) is 4.25. The van der Waals surface area contributed by atoms with Crippen LogP contribution in [0, 0.1) is 6.92 Å². The normalized spacial score (nSPS) is 10.7. The third-order valence-corrected chi connectivity index (χ3v) is 5.09. The van der Waals surface area contributed by atoms with Crippen molar-refractivity contribution in [1.29, 1.82) is 0 Å². The molecule has 0 amide bonds. The number of hydrogen-bond acceptors (Lipinski definition) is 4. The quantitative estimate of drug-likeness (QED) is 0.281. The van der Waals surface area contributed by atoms with E-state index >= 15 is 0 Å². The zero-order valence-corrected chi connectivity index (χ0v) is 17.6. The van der Waals surface area contributed by atoms with Gasteiger partial charge in [-0.25, -0.2) is 0 Å². The molecule has 0 aliphatic rings. The predicted molar refractivity (Wildman–Crippen MR) is 125 cm³/mol. The first-order chi connectivity index (χ1) is 15.8. The van der Waals surface area contributed by atoms with Crippen LogP contribution in [0.1, 0.15) is 5.76 Å². The van der Waals surface area contributed by atoms with Crippen LogP contribution in [0.2, 0.25) is 0 Å². The van der Waals surface area contributed by atoms with Crippen LogP contribution in [-0.4, -0.2) is 5.16 Å². The molecule has 0 atom stereocenters. The van der Waals surface area contributed by atoms with E-state index in [0.29, 0.717) is 0 Å². The SMILES string of the molecule is Cc1onc(-c2ccc(Oc3ccccc3)cc2)c1-c1ccc(Oc2ccccc2)cc1. The fourth-order valence-electron chi connectivity index (χ4n) is 3.53. The summed E-state index contributed by atoms with van der Waals surface area (Å²) in [5.41, 5.74) is 3.74. The van der Waals surface area contributed by atoms with Gasteiger partial charge in [0.1, 0.15) is 34.5 Å². The maximum Gasteiger partial charge on any atom is 0.142 e. The molecule has 0 spiro atoms. The lowest BCUT2D eigenvalue weighted by Gasteiger charge is -2.08. The number of nitrogens with zero attached hydrogens (tertiary/aromatic N) is 1. The van der Waals surface area contributed by atoms with Gasteiger partial charge in [0, 0.05) is 5.56 Å². The highest BCUT2D eigenvalue weighted by Crippen LogP contribution is 2.36. The molecule has 0 radical (unpaired) electrons. The molecule has 1 heterocycles. The van der Waals surface area contributed by atoms with Crippen LogP contribution in [0.15, 0.2) is 114 Å². The molecule has 156 valence electrons. The lowest BCUT2D eigenvalue weighted by molar-refractivity contribution is 0.400. The Morgan fingerprint density at radius 2 is 0.969 bits per heavy atom. The fourth-order valence-corrected chi connectivity index (χ4v) is 3.53. The van der Waals surface area contributed by atoms with Crippen LogP contribution >= 0.6 is 0 Å².